The molecule has 7 heteroatoms. The molecule has 1 heterocycles. The topological polar surface area (TPSA) is 94.3 Å². The Hall–Kier alpha value is -3.50. The first-order chi connectivity index (χ1) is 14.0. The Kier molecular flexibility index (Phi) is 6.37. The number of carboxylic acids is 1. The molecule has 0 aliphatic rings. The molecule has 2 aromatic carbocycles. The molecule has 0 saturated heterocycles. The van der Waals surface area contributed by atoms with Crippen LogP contribution >= 0.6 is 11.3 Å². The van der Waals surface area contributed by atoms with Gasteiger partial charge in [-0.15, -0.1) is 11.3 Å². The summed E-state index contributed by atoms with van der Waals surface area (Å²) in [5.74, 6) is -2.01. The van der Waals surface area contributed by atoms with E-state index in [2.05, 4.69) is 11.1 Å². The third-order valence-corrected chi connectivity index (χ3v) is 5.45. The predicted molar refractivity (Wildman–Crippen MR) is 112 cm³/mol. The zero-order valence-electron chi connectivity index (χ0n) is 15.8. The highest BCUT2D eigenvalue weighted by Crippen LogP contribution is 2.30. The summed E-state index contributed by atoms with van der Waals surface area (Å²) in [6.07, 6.45) is 0.0827. The van der Waals surface area contributed by atoms with Gasteiger partial charge in [0.15, 0.2) is 5.13 Å². The van der Waals surface area contributed by atoms with E-state index in [0.29, 0.717) is 28.4 Å². The fourth-order valence-electron chi connectivity index (χ4n) is 3.07. The monoisotopic (exact) mass is 405 g/mol. The van der Waals surface area contributed by atoms with Gasteiger partial charge in [0.25, 0.3) is 0 Å². The van der Waals surface area contributed by atoms with Crippen molar-refractivity contribution in [3.63, 3.8) is 0 Å². The van der Waals surface area contributed by atoms with E-state index in [9.17, 15) is 20.0 Å². The average molecular weight is 405 g/mol. The van der Waals surface area contributed by atoms with Crippen molar-refractivity contribution in [2.45, 2.75) is 12.8 Å². The minimum atomic E-state index is -1.02. The standard InChI is InChI=1S/C22H19N3O3S/c1-25(21(28)17(12-20(26)27)11-15-7-3-2-4-8-15)22-24-19(14-29-22)18-10-6-5-9-16(18)13-23/h2-10,14,17H,11-12H2,1H3,(H,26,27)/t17-/m1/s1. The number of benzene rings is 2. The Morgan fingerprint density at radius 2 is 1.86 bits per heavy atom. The summed E-state index contributed by atoms with van der Waals surface area (Å²) in [7, 11) is 1.60. The third kappa shape index (κ3) is 4.86. The van der Waals surface area contributed by atoms with Crippen molar-refractivity contribution in [2.75, 3.05) is 11.9 Å². The minimum Gasteiger partial charge on any atom is -0.481 e. The molecule has 0 unspecified atom stereocenters. The van der Waals surface area contributed by atoms with Crippen LogP contribution in [0.25, 0.3) is 11.3 Å². The molecule has 0 aliphatic heterocycles. The van der Waals surface area contributed by atoms with Gasteiger partial charge in [0.1, 0.15) is 0 Å². The zero-order chi connectivity index (χ0) is 20.8. The number of rotatable bonds is 7. The number of anilines is 1. The van der Waals surface area contributed by atoms with Crippen LogP contribution in [0.3, 0.4) is 0 Å². The Balaban J connectivity index is 1.83. The van der Waals surface area contributed by atoms with Crippen molar-refractivity contribution in [2.24, 2.45) is 5.92 Å². The van der Waals surface area contributed by atoms with Gasteiger partial charge in [-0.1, -0.05) is 48.5 Å². The van der Waals surface area contributed by atoms with Crippen LogP contribution < -0.4 is 4.90 Å². The molecular formula is C22H19N3O3S. The van der Waals surface area contributed by atoms with E-state index in [1.807, 2.05) is 42.5 Å². The number of aliphatic carboxylic acids is 1. The maximum absolute atomic E-state index is 13.0. The quantitative estimate of drug-likeness (QED) is 0.642. The lowest BCUT2D eigenvalue weighted by Crippen LogP contribution is -2.35. The number of nitriles is 1. The molecule has 1 N–H and O–H groups in total. The predicted octanol–water partition coefficient (Wildman–Crippen LogP) is 3.98. The molecule has 0 bridgehead atoms. The molecule has 29 heavy (non-hydrogen) atoms. The lowest BCUT2D eigenvalue weighted by Gasteiger charge is -2.21. The number of carbonyl (C=O) groups excluding carboxylic acids is 1. The lowest BCUT2D eigenvalue weighted by atomic mass is 9.95. The van der Waals surface area contributed by atoms with E-state index in [1.165, 1.54) is 16.2 Å². The SMILES string of the molecule is CN(C(=O)[C@@H](CC(=O)O)Cc1ccccc1)c1nc(-c2ccccc2C#N)cs1. The fourth-order valence-corrected chi connectivity index (χ4v) is 3.87. The van der Waals surface area contributed by atoms with Crippen LogP contribution in [0, 0.1) is 17.2 Å². The second-order valence-electron chi connectivity index (χ2n) is 6.55. The van der Waals surface area contributed by atoms with Crippen LogP contribution in [0.5, 0.6) is 0 Å². The first kappa shape index (κ1) is 20.2. The number of carboxylic acid groups (broad SMARTS) is 1. The van der Waals surface area contributed by atoms with Crippen molar-refractivity contribution in [1.29, 1.82) is 5.26 Å². The molecule has 1 aromatic heterocycles. The molecule has 0 saturated carbocycles. The van der Waals surface area contributed by atoms with E-state index < -0.39 is 11.9 Å². The second kappa shape index (κ2) is 9.13. The summed E-state index contributed by atoms with van der Waals surface area (Å²) in [5, 5.41) is 20.8. The molecule has 1 amide bonds. The normalized spacial score (nSPS) is 11.4. The maximum atomic E-state index is 13.0. The molecule has 0 radical (unpaired) electrons. The molecular weight excluding hydrogens is 386 g/mol. The summed E-state index contributed by atoms with van der Waals surface area (Å²) in [4.78, 5) is 30.2. The number of thiazole rings is 1. The van der Waals surface area contributed by atoms with Crippen molar-refractivity contribution in [3.8, 4) is 17.3 Å². The van der Waals surface area contributed by atoms with Gasteiger partial charge in [-0.25, -0.2) is 4.98 Å². The fraction of sp³-hybridized carbons (Fsp3) is 0.182. The van der Waals surface area contributed by atoms with Crippen LogP contribution in [-0.4, -0.2) is 29.0 Å². The highest BCUT2D eigenvalue weighted by molar-refractivity contribution is 7.14. The van der Waals surface area contributed by atoms with Crippen molar-refractivity contribution < 1.29 is 14.7 Å². The Morgan fingerprint density at radius 3 is 2.55 bits per heavy atom. The maximum Gasteiger partial charge on any atom is 0.304 e. The Labute approximate surface area is 172 Å². The van der Waals surface area contributed by atoms with Gasteiger partial charge >= 0.3 is 5.97 Å². The van der Waals surface area contributed by atoms with Crippen LogP contribution in [0.1, 0.15) is 17.5 Å². The first-order valence-corrected chi connectivity index (χ1v) is 9.86. The molecule has 3 rings (SSSR count). The van der Waals surface area contributed by atoms with Gasteiger partial charge in [0.2, 0.25) is 5.91 Å². The largest absolute Gasteiger partial charge is 0.481 e. The number of nitrogens with zero attached hydrogens (tertiary/aromatic N) is 3. The zero-order valence-corrected chi connectivity index (χ0v) is 16.6. The molecule has 6 nitrogen and oxygen atoms in total. The van der Waals surface area contributed by atoms with E-state index in [0.717, 1.165) is 5.56 Å². The first-order valence-electron chi connectivity index (χ1n) is 8.98. The van der Waals surface area contributed by atoms with E-state index in [4.69, 9.17) is 0 Å². The van der Waals surface area contributed by atoms with Crippen LogP contribution in [0.4, 0.5) is 5.13 Å². The Bertz CT molecular complexity index is 1060. The second-order valence-corrected chi connectivity index (χ2v) is 7.39. The molecule has 0 spiro atoms. The molecule has 0 aliphatic carbocycles. The Morgan fingerprint density at radius 1 is 1.17 bits per heavy atom. The summed E-state index contributed by atoms with van der Waals surface area (Å²) < 4.78 is 0. The van der Waals surface area contributed by atoms with Crippen molar-refractivity contribution in [1.82, 2.24) is 4.98 Å². The number of aromatic nitrogens is 1. The van der Waals surface area contributed by atoms with E-state index in [1.54, 1.807) is 24.6 Å². The minimum absolute atomic E-state index is 0.256. The number of hydrogen-bond donors (Lipinski definition) is 1. The molecule has 146 valence electrons. The molecule has 0 fully saturated rings. The summed E-state index contributed by atoms with van der Waals surface area (Å²) in [6, 6.07) is 18.6. The van der Waals surface area contributed by atoms with Gasteiger partial charge in [0.05, 0.1) is 29.7 Å². The van der Waals surface area contributed by atoms with Crippen LogP contribution in [0.15, 0.2) is 60.0 Å². The summed E-state index contributed by atoms with van der Waals surface area (Å²) >= 11 is 1.28. The highest BCUT2D eigenvalue weighted by atomic mass is 32.1. The van der Waals surface area contributed by atoms with E-state index >= 15 is 0 Å². The van der Waals surface area contributed by atoms with Gasteiger partial charge in [-0.2, -0.15) is 5.26 Å². The summed E-state index contributed by atoms with van der Waals surface area (Å²) in [5.41, 5.74) is 2.72. The highest BCUT2D eigenvalue weighted by Gasteiger charge is 2.27. The van der Waals surface area contributed by atoms with Gasteiger partial charge in [0, 0.05) is 18.0 Å². The lowest BCUT2D eigenvalue weighted by molar-refractivity contribution is -0.140. The average Bonchev–Trinajstić information content (AvgIpc) is 3.22. The smallest absolute Gasteiger partial charge is 0.304 e. The van der Waals surface area contributed by atoms with Crippen LogP contribution in [0.2, 0.25) is 0 Å². The number of hydrogen-bond acceptors (Lipinski definition) is 5. The van der Waals surface area contributed by atoms with E-state index in [-0.39, 0.29) is 12.3 Å². The number of carbonyl (C=O) groups is 2. The van der Waals surface area contributed by atoms with Crippen molar-refractivity contribution in [3.05, 3.63) is 71.1 Å². The van der Waals surface area contributed by atoms with Gasteiger partial charge < -0.3 is 5.11 Å². The summed E-state index contributed by atoms with van der Waals surface area (Å²) in [6.45, 7) is 0. The molecule has 1 atom stereocenters. The molecule has 3 aromatic rings. The third-order valence-electron chi connectivity index (χ3n) is 4.53. The van der Waals surface area contributed by atoms with Gasteiger partial charge in [-0.3, -0.25) is 14.5 Å². The van der Waals surface area contributed by atoms with Crippen molar-refractivity contribution >= 4 is 28.3 Å². The number of amides is 1. The van der Waals surface area contributed by atoms with Gasteiger partial charge in [-0.05, 0) is 18.1 Å². The van der Waals surface area contributed by atoms with Crippen LogP contribution in [-0.2, 0) is 16.0 Å².